The van der Waals surface area contributed by atoms with Crippen LogP contribution < -0.4 is 5.69 Å². The molecule has 2 aromatic heterocycles. The molecule has 3 aromatic rings. The Kier molecular flexibility index (Phi) is 3.92. The van der Waals surface area contributed by atoms with Crippen molar-refractivity contribution in [3.8, 4) is 0 Å². The highest BCUT2D eigenvalue weighted by Gasteiger charge is 2.31. The third-order valence-corrected chi connectivity index (χ3v) is 7.62. The third-order valence-electron chi connectivity index (χ3n) is 5.15. The van der Waals surface area contributed by atoms with Gasteiger partial charge in [-0.05, 0) is 30.9 Å². The van der Waals surface area contributed by atoms with Crippen LogP contribution in [0.4, 0.5) is 0 Å². The van der Waals surface area contributed by atoms with Gasteiger partial charge < -0.3 is 0 Å². The van der Waals surface area contributed by atoms with Gasteiger partial charge in [-0.1, -0.05) is 6.07 Å². The summed E-state index contributed by atoms with van der Waals surface area (Å²) in [6.45, 7) is 1.50. The summed E-state index contributed by atoms with van der Waals surface area (Å²) in [5.74, 6) is 1.22. The minimum Gasteiger partial charge on any atom is -0.278 e. The van der Waals surface area contributed by atoms with E-state index in [-0.39, 0.29) is 23.7 Å². The number of hydrogen-bond donors (Lipinski definition) is 0. The zero-order valence-electron chi connectivity index (χ0n) is 14.5. The summed E-state index contributed by atoms with van der Waals surface area (Å²) in [5, 5.41) is 4.45. The van der Waals surface area contributed by atoms with Gasteiger partial charge in [-0.3, -0.25) is 4.57 Å². The van der Waals surface area contributed by atoms with E-state index in [1.807, 2.05) is 0 Å². The Balaban J connectivity index is 1.44. The molecule has 27 heavy (non-hydrogen) atoms. The number of nitrogens with zero attached hydrogens (tertiary/aromatic N) is 6. The van der Waals surface area contributed by atoms with Gasteiger partial charge in [0.15, 0.2) is 0 Å². The van der Waals surface area contributed by atoms with Crippen molar-refractivity contribution in [3.63, 3.8) is 0 Å². The predicted molar refractivity (Wildman–Crippen MR) is 99.1 cm³/mol. The molecule has 11 heteroatoms. The molecule has 5 rings (SSSR count). The minimum absolute atomic E-state index is 0.137. The summed E-state index contributed by atoms with van der Waals surface area (Å²) < 4.78 is 39.2. The molecule has 1 saturated carbocycles. The first kappa shape index (κ1) is 17.0. The molecule has 0 radical (unpaired) electrons. The first-order valence-electron chi connectivity index (χ1n) is 8.92. The second-order valence-electron chi connectivity index (χ2n) is 7.02. The van der Waals surface area contributed by atoms with E-state index in [2.05, 4.69) is 13.8 Å². The fourth-order valence-electron chi connectivity index (χ4n) is 3.48. The second kappa shape index (κ2) is 6.21. The molecule has 142 valence electrons. The van der Waals surface area contributed by atoms with Crippen LogP contribution in [0.3, 0.4) is 0 Å². The van der Waals surface area contributed by atoms with Crippen molar-refractivity contribution >= 4 is 32.8 Å². The van der Waals surface area contributed by atoms with Crippen molar-refractivity contribution < 1.29 is 8.42 Å². The SMILES string of the molecule is O=c1n(CC2CC2)nc2n1CCN(S(=O)(=O)c1cccc3nsnc13)CC2. The fourth-order valence-corrected chi connectivity index (χ4v) is 5.66. The van der Waals surface area contributed by atoms with E-state index in [4.69, 9.17) is 0 Å². The number of fused-ring (bicyclic) bond motifs is 2. The normalized spacial score (nSPS) is 18.5. The second-order valence-corrected chi connectivity index (χ2v) is 9.45. The van der Waals surface area contributed by atoms with Crippen LogP contribution in [0.2, 0.25) is 0 Å². The van der Waals surface area contributed by atoms with E-state index in [1.54, 1.807) is 27.4 Å². The van der Waals surface area contributed by atoms with Crippen LogP contribution in [-0.4, -0.2) is 48.9 Å². The number of hydrogen-bond acceptors (Lipinski definition) is 7. The fraction of sp³-hybridized carbons (Fsp3) is 0.500. The first-order chi connectivity index (χ1) is 13.0. The molecule has 0 bridgehead atoms. The number of sulfonamides is 1. The Morgan fingerprint density at radius 2 is 2.00 bits per heavy atom. The van der Waals surface area contributed by atoms with Gasteiger partial charge in [-0.25, -0.2) is 17.9 Å². The molecule has 0 amide bonds. The van der Waals surface area contributed by atoms with Crippen molar-refractivity contribution in [2.45, 2.75) is 37.2 Å². The van der Waals surface area contributed by atoms with Crippen LogP contribution in [0.15, 0.2) is 27.9 Å². The van der Waals surface area contributed by atoms with Crippen molar-refractivity contribution in [1.82, 2.24) is 27.4 Å². The maximum atomic E-state index is 13.2. The Morgan fingerprint density at radius 1 is 1.15 bits per heavy atom. The summed E-state index contributed by atoms with van der Waals surface area (Å²) in [5.41, 5.74) is 0.838. The quantitative estimate of drug-likeness (QED) is 0.632. The summed E-state index contributed by atoms with van der Waals surface area (Å²) in [7, 11) is -3.72. The smallest absolute Gasteiger partial charge is 0.278 e. The summed E-state index contributed by atoms with van der Waals surface area (Å²) in [4.78, 5) is 12.7. The van der Waals surface area contributed by atoms with Gasteiger partial charge in [0.25, 0.3) is 0 Å². The Bertz CT molecular complexity index is 1170. The molecule has 1 aromatic carbocycles. The molecule has 3 heterocycles. The van der Waals surface area contributed by atoms with Gasteiger partial charge in [0, 0.05) is 32.6 Å². The standard InChI is InChI=1S/C16H18N6O3S2/c23-16-21-9-8-20(7-6-14(21)17-22(16)10-11-4-5-11)27(24,25)13-3-1-2-12-15(13)19-26-18-12/h1-3,11H,4-10H2. The molecule has 0 atom stereocenters. The van der Waals surface area contributed by atoms with E-state index in [1.165, 1.54) is 4.31 Å². The summed E-state index contributed by atoms with van der Waals surface area (Å²) in [6.07, 6.45) is 2.72. The molecule has 1 aliphatic carbocycles. The average Bonchev–Trinajstić information content (AvgIpc) is 3.31. The zero-order chi connectivity index (χ0) is 18.6. The van der Waals surface area contributed by atoms with Gasteiger partial charge in [0.05, 0.1) is 11.7 Å². The topological polar surface area (TPSA) is 103 Å². The van der Waals surface area contributed by atoms with Crippen LogP contribution in [0.25, 0.3) is 11.0 Å². The Labute approximate surface area is 159 Å². The van der Waals surface area contributed by atoms with Crippen molar-refractivity contribution in [2.75, 3.05) is 13.1 Å². The molecule has 9 nitrogen and oxygen atoms in total. The van der Waals surface area contributed by atoms with E-state index in [0.29, 0.717) is 42.3 Å². The van der Waals surface area contributed by atoms with E-state index in [0.717, 1.165) is 24.6 Å². The van der Waals surface area contributed by atoms with Gasteiger partial charge in [0.1, 0.15) is 21.8 Å². The number of rotatable bonds is 4. The van der Waals surface area contributed by atoms with Crippen LogP contribution in [0.5, 0.6) is 0 Å². The molecule has 0 unspecified atom stereocenters. The number of benzene rings is 1. The monoisotopic (exact) mass is 406 g/mol. The predicted octanol–water partition coefficient (Wildman–Crippen LogP) is 0.706. The van der Waals surface area contributed by atoms with Gasteiger partial charge >= 0.3 is 5.69 Å². The van der Waals surface area contributed by atoms with E-state index >= 15 is 0 Å². The van der Waals surface area contributed by atoms with E-state index < -0.39 is 10.0 Å². The average molecular weight is 406 g/mol. The maximum absolute atomic E-state index is 13.2. The van der Waals surface area contributed by atoms with Crippen molar-refractivity contribution in [2.24, 2.45) is 5.92 Å². The lowest BCUT2D eigenvalue weighted by Gasteiger charge is -2.19. The lowest BCUT2D eigenvalue weighted by atomic mass is 10.3. The highest BCUT2D eigenvalue weighted by atomic mass is 32.2. The molecular formula is C16H18N6O3S2. The van der Waals surface area contributed by atoms with Crippen LogP contribution in [-0.2, 0) is 29.5 Å². The minimum atomic E-state index is -3.72. The van der Waals surface area contributed by atoms with Gasteiger partial charge in [-0.2, -0.15) is 18.2 Å². The lowest BCUT2D eigenvalue weighted by molar-refractivity contribution is 0.409. The highest BCUT2D eigenvalue weighted by molar-refractivity contribution is 7.89. The molecule has 0 spiro atoms. The zero-order valence-corrected chi connectivity index (χ0v) is 16.1. The largest absolute Gasteiger partial charge is 0.345 e. The molecule has 0 N–H and O–H groups in total. The Hall–Kier alpha value is -2.11. The highest BCUT2D eigenvalue weighted by Crippen LogP contribution is 2.30. The van der Waals surface area contributed by atoms with Gasteiger partial charge in [0.2, 0.25) is 10.0 Å². The van der Waals surface area contributed by atoms with Gasteiger partial charge in [-0.15, -0.1) is 0 Å². The summed E-state index contributed by atoms with van der Waals surface area (Å²) in [6, 6.07) is 4.99. The molecule has 2 aliphatic rings. The third kappa shape index (κ3) is 2.89. The van der Waals surface area contributed by atoms with E-state index in [9.17, 15) is 13.2 Å². The lowest BCUT2D eigenvalue weighted by Crippen LogP contribution is -2.35. The Morgan fingerprint density at radius 3 is 2.81 bits per heavy atom. The summed E-state index contributed by atoms with van der Waals surface area (Å²) >= 11 is 0.997. The van der Waals surface area contributed by atoms with Crippen molar-refractivity contribution in [3.05, 3.63) is 34.5 Å². The number of aromatic nitrogens is 5. The van der Waals surface area contributed by atoms with Crippen LogP contribution in [0.1, 0.15) is 18.7 Å². The molecule has 1 fully saturated rings. The van der Waals surface area contributed by atoms with Crippen molar-refractivity contribution in [1.29, 1.82) is 0 Å². The van der Waals surface area contributed by atoms with Crippen LogP contribution >= 0.6 is 11.7 Å². The first-order valence-corrected chi connectivity index (χ1v) is 11.1. The maximum Gasteiger partial charge on any atom is 0.345 e. The molecule has 0 saturated heterocycles. The van der Waals surface area contributed by atoms with Crippen LogP contribution in [0, 0.1) is 5.92 Å². The molecular weight excluding hydrogens is 388 g/mol. The molecule has 1 aliphatic heterocycles.